The Morgan fingerprint density at radius 2 is 2.35 bits per heavy atom. The Morgan fingerprint density at radius 3 is 3.06 bits per heavy atom. The van der Waals surface area contributed by atoms with E-state index in [9.17, 15) is 0 Å². The van der Waals surface area contributed by atoms with Crippen molar-refractivity contribution in [3.05, 3.63) is 23.8 Å². The fourth-order valence-electron chi connectivity index (χ4n) is 2.11. The Balaban J connectivity index is 2.14. The average Bonchev–Trinajstić information content (AvgIpc) is 2.36. The molecule has 94 valence electrons. The zero-order valence-electron chi connectivity index (χ0n) is 10.3. The summed E-state index contributed by atoms with van der Waals surface area (Å²) in [6.45, 7) is 0. The molecule has 0 saturated carbocycles. The molecule has 1 aliphatic rings. The lowest BCUT2D eigenvalue weighted by Gasteiger charge is -2.30. The van der Waals surface area contributed by atoms with Gasteiger partial charge in [0.25, 0.3) is 0 Å². The number of thioether (sulfide) groups is 1. The molecule has 0 saturated heterocycles. The first-order valence-electron chi connectivity index (χ1n) is 5.83. The highest BCUT2D eigenvalue weighted by molar-refractivity contribution is 7.98. The number of rotatable bonds is 4. The number of hydrogen-bond acceptors (Lipinski definition) is 4. The summed E-state index contributed by atoms with van der Waals surface area (Å²) < 4.78 is 11.2. The van der Waals surface area contributed by atoms with Crippen LogP contribution in [0.4, 0.5) is 0 Å². The van der Waals surface area contributed by atoms with E-state index in [1.54, 1.807) is 7.11 Å². The summed E-state index contributed by atoms with van der Waals surface area (Å²) in [4.78, 5) is 0. The Kier molecular flexibility index (Phi) is 4.18. The van der Waals surface area contributed by atoms with Crippen molar-refractivity contribution in [3.63, 3.8) is 0 Å². The van der Waals surface area contributed by atoms with Crippen LogP contribution in [-0.4, -0.2) is 25.2 Å². The number of ether oxygens (including phenoxy) is 2. The van der Waals surface area contributed by atoms with Crippen LogP contribution in [0.15, 0.2) is 18.2 Å². The summed E-state index contributed by atoms with van der Waals surface area (Å²) in [6, 6.07) is 5.91. The standard InChI is InChI=1S/C13H19NO2S/c1-15-9-3-4-13-11(7-9)12(14)8-10(16-13)5-6-17-2/h3-4,7,10,12H,5-6,8,14H2,1-2H3/t10?,12-/m0/s1. The SMILES string of the molecule is COc1ccc2c(c1)[C@@H](N)CC(CCSC)O2. The Bertz CT molecular complexity index is 384. The number of hydrogen-bond donors (Lipinski definition) is 1. The second-order valence-electron chi connectivity index (χ2n) is 4.27. The van der Waals surface area contributed by atoms with Gasteiger partial charge in [-0.05, 0) is 36.6 Å². The van der Waals surface area contributed by atoms with Gasteiger partial charge in [0.05, 0.1) is 7.11 Å². The fourth-order valence-corrected chi connectivity index (χ4v) is 2.61. The molecule has 1 aromatic carbocycles. The van der Waals surface area contributed by atoms with Gasteiger partial charge in [-0.2, -0.15) is 11.8 Å². The first-order chi connectivity index (χ1) is 8.24. The molecular weight excluding hydrogens is 234 g/mol. The number of methoxy groups -OCH3 is 1. The molecule has 0 fully saturated rings. The van der Waals surface area contributed by atoms with Gasteiger partial charge in [0.1, 0.15) is 17.6 Å². The monoisotopic (exact) mass is 253 g/mol. The van der Waals surface area contributed by atoms with Crippen molar-refractivity contribution in [2.75, 3.05) is 19.1 Å². The van der Waals surface area contributed by atoms with Gasteiger partial charge in [0, 0.05) is 18.0 Å². The molecule has 0 radical (unpaired) electrons. The maximum atomic E-state index is 6.19. The minimum Gasteiger partial charge on any atom is -0.497 e. The van der Waals surface area contributed by atoms with Gasteiger partial charge in [0.15, 0.2) is 0 Å². The highest BCUT2D eigenvalue weighted by Crippen LogP contribution is 2.36. The zero-order chi connectivity index (χ0) is 12.3. The van der Waals surface area contributed by atoms with E-state index in [1.165, 1.54) is 0 Å². The van der Waals surface area contributed by atoms with Gasteiger partial charge >= 0.3 is 0 Å². The van der Waals surface area contributed by atoms with Crippen molar-refractivity contribution >= 4 is 11.8 Å². The minimum atomic E-state index is 0.0562. The Morgan fingerprint density at radius 1 is 1.53 bits per heavy atom. The summed E-state index contributed by atoms with van der Waals surface area (Å²) >= 11 is 1.84. The van der Waals surface area contributed by atoms with E-state index in [0.29, 0.717) is 0 Å². The Hall–Kier alpha value is -0.870. The van der Waals surface area contributed by atoms with Crippen LogP contribution in [0.1, 0.15) is 24.4 Å². The van der Waals surface area contributed by atoms with Gasteiger partial charge < -0.3 is 15.2 Å². The number of benzene rings is 1. The summed E-state index contributed by atoms with van der Waals surface area (Å²) in [7, 11) is 1.66. The normalized spacial score (nSPS) is 22.8. The lowest BCUT2D eigenvalue weighted by Crippen LogP contribution is -2.30. The molecule has 0 bridgehead atoms. The summed E-state index contributed by atoms with van der Waals surface area (Å²) in [5, 5.41) is 0. The van der Waals surface area contributed by atoms with Crippen LogP contribution in [0, 0.1) is 0 Å². The van der Waals surface area contributed by atoms with Crippen molar-refractivity contribution in [1.29, 1.82) is 0 Å². The molecule has 1 unspecified atom stereocenters. The molecule has 3 nitrogen and oxygen atoms in total. The topological polar surface area (TPSA) is 44.5 Å². The molecule has 0 aromatic heterocycles. The van der Waals surface area contributed by atoms with Gasteiger partial charge in [-0.3, -0.25) is 0 Å². The zero-order valence-corrected chi connectivity index (χ0v) is 11.1. The molecule has 4 heteroatoms. The second-order valence-corrected chi connectivity index (χ2v) is 5.25. The van der Waals surface area contributed by atoms with E-state index in [2.05, 4.69) is 6.26 Å². The molecule has 1 aromatic rings. The van der Waals surface area contributed by atoms with Crippen molar-refractivity contribution < 1.29 is 9.47 Å². The van der Waals surface area contributed by atoms with E-state index >= 15 is 0 Å². The fraction of sp³-hybridized carbons (Fsp3) is 0.538. The predicted octanol–water partition coefficient (Wildman–Crippen LogP) is 2.60. The quantitative estimate of drug-likeness (QED) is 0.896. The second kappa shape index (κ2) is 5.65. The lowest BCUT2D eigenvalue weighted by atomic mass is 9.96. The van der Waals surface area contributed by atoms with Crippen molar-refractivity contribution in [2.24, 2.45) is 5.73 Å². The lowest BCUT2D eigenvalue weighted by molar-refractivity contribution is 0.156. The minimum absolute atomic E-state index is 0.0562. The van der Waals surface area contributed by atoms with Crippen LogP contribution in [-0.2, 0) is 0 Å². The summed E-state index contributed by atoms with van der Waals surface area (Å²) in [5.41, 5.74) is 7.25. The summed E-state index contributed by atoms with van der Waals surface area (Å²) in [5.74, 6) is 2.86. The third kappa shape index (κ3) is 2.87. The first kappa shape index (κ1) is 12.6. The van der Waals surface area contributed by atoms with Crippen LogP contribution >= 0.6 is 11.8 Å². The molecule has 17 heavy (non-hydrogen) atoms. The molecule has 0 amide bonds. The predicted molar refractivity (Wildman–Crippen MR) is 72.0 cm³/mol. The average molecular weight is 253 g/mol. The van der Waals surface area contributed by atoms with Crippen LogP contribution in [0.2, 0.25) is 0 Å². The molecule has 2 rings (SSSR count). The molecule has 0 spiro atoms. The Labute approximate surface area is 107 Å². The molecule has 1 heterocycles. The largest absolute Gasteiger partial charge is 0.497 e. The van der Waals surface area contributed by atoms with Crippen molar-refractivity contribution in [3.8, 4) is 11.5 Å². The van der Waals surface area contributed by atoms with Gasteiger partial charge in [0.2, 0.25) is 0 Å². The third-order valence-electron chi connectivity index (χ3n) is 3.07. The van der Waals surface area contributed by atoms with Gasteiger partial charge in [-0.15, -0.1) is 0 Å². The smallest absolute Gasteiger partial charge is 0.124 e. The van der Waals surface area contributed by atoms with Crippen LogP contribution in [0.25, 0.3) is 0 Å². The van der Waals surface area contributed by atoms with Gasteiger partial charge in [-0.1, -0.05) is 0 Å². The maximum absolute atomic E-state index is 6.19. The van der Waals surface area contributed by atoms with Crippen molar-refractivity contribution in [1.82, 2.24) is 0 Å². The third-order valence-corrected chi connectivity index (χ3v) is 3.71. The van der Waals surface area contributed by atoms with E-state index in [4.69, 9.17) is 15.2 Å². The van der Waals surface area contributed by atoms with Gasteiger partial charge in [-0.25, -0.2) is 0 Å². The van der Waals surface area contributed by atoms with Crippen LogP contribution in [0.3, 0.4) is 0 Å². The van der Waals surface area contributed by atoms with Crippen molar-refractivity contribution in [2.45, 2.75) is 25.0 Å². The maximum Gasteiger partial charge on any atom is 0.124 e. The van der Waals surface area contributed by atoms with E-state index in [-0.39, 0.29) is 12.1 Å². The number of nitrogens with two attached hydrogens (primary N) is 1. The number of fused-ring (bicyclic) bond motifs is 1. The van der Waals surface area contributed by atoms with Crippen LogP contribution in [0.5, 0.6) is 11.5 Å². The van der Waals surface area contributed by atoms with E-state index < -0.39 is 0 Å². The highest BCUT2D eigenvalue weighted by Gasteiger charge is 2.25. The molecule has 2 atom stereocenters. The molecular formula is C13H19NO2S. The molecule has 0 aliphatic carbocycles. The van der Waals surface area contributed by atoms with E-state index in [0.717, 1.165) is 35.7 Å². The highest BCUT2D eigenvalue weighted by atomic mass is 32.2. The first-order valence-corrected chi connectivity index (χ1v) is 7.23. The molecule has 1 aliphatic heterocycles. The summed E-state index contributed by atoms with van der Waals surface area (Å²) in [6.07, 6.45) is 4.31. The van der Waals surface area contributed by atoms with E-state index in [1.807, 2.05) is 30.0 Å². The van der Waals surface area contributed by atoms with Crippen LogP contribution < -0.4 is 15.2 Å². The molecule has 2 N–H and O–H groups in total.